The topological polar surface area (TPSA) is 72.5 Å². The van der Waals surface area contributed by atoms with Gasteiger partial charge in [-0.3, -0.25) is 4.79 Å². The first-order valence-electron chi connectivity index (χ1n) is 5.50. The second-order valence-electron chi connectivity index (χ2n) is 4.41. The molecule has 0 aliphatic heterocycles. The first-order valence-corrected chi connectivity index (χ1v) is 7.15. The van der Waals surface area contributed by atoms with Crippen molar-refractivity contribution >= 4 is 16.0 Å². The van der Waals surface area contributed by atoms with Crippen LogP contribution in [-0.2, 0) is 19.6 Å². The highest BCUT2D eigenvalue weighted by Crippen LogP contribution is 2.19. The van der Waals surface area contributed by atoms with Crippen molar-refractivity contribution in [2.24, 2.45) is 5.92 Å². The number of ether oxygens (including phenoxy) is 1. The average molecular weight is 249 g/mol. The Bertz CT molecular complexity index is 335. The zero-order valence-electron chi connectivity index (χ0n) is 9.73. The number of nitrogens with one attached hydrogen (secondary N) is 1. The van der Waals surface area contributed by atoms with E-state index < -0.39 is 10.0 Å². The van der Waals surface area contributed by atoms with Gasteiger partial charge in [-0.15, -0.1) is 0 Å². The van der Waals surface area contributed by atoms with E-state index in [9.17, 15) is 13.2 Å². The van der Waals surface area contributed by atoms with E-state index in [1.165, 1.54) is 7.11 Å². The van der Waals surface area contributed by atoms with Crippen molar-refractivity contribution in [1.29, 1.82) is 0 Å². The zero-order chi connectivity index (χ0) is 12.2. The monoisotopic (exact) mass is 249 g/mol. The molecular formula is C10H19NO4S. The molecule has 0 aromatic rings. The number of hydrogen-bond donors (Lipinski definition) is 1. The highest BCUT2D eigenvalue weighted by atomic mass is 32.2. The third-order valence-electron chi connectivity index (χ3n) is 2.70. The van der Waals surface area contributed by atoms with Crippen LogP contribution in [0.1, 0.15) is 32.6 Å². The second-order valence-corrected chi connectivity index (χ2v) is 6.21. The molecule has 0 saturated heterocycles. The van der Waals surface area contributed by atoms with Crippen LogP contribution in [-0.4, -0.2) is 33.3 Å². The quantitative estimate of drug-likeness (QED) is 0.702. The molecular weight excluding hydrogens is 230 g/mol. The van der Waals surface area contributed by atoms with E-state index in [1.54, 1.807) is 6.92 Å². The van der Waals surface area contributed by atoms with Gasteiger partial charge >= 0.3 is 5.97 Å². The van der Waals surface area contributed by atoms with E-state index in [0.29, 0.717) is 0 Å². The number of rotatable bonds is 6. The Morgan fingerprint density at radius 3 is 2.56 bits per heavy atom. The summed E-state index contributed by atoms with van der Waals surface area (Å²) in [6.45, 7) is 1.73. The SMILES string of the molecule is COC(=O)C[C@H](C)CS(=O)(=O)NC1CCC1. The third kappa shape index (κ3) is 4.49. The second kappa shape index (κ2) is 5.63. The number of hydrogen-bond acceptors (Lipinski definition) is 4. The van der Waals surface area contributed by atoms with Crippen LogP contribution in [0.15, 0.2) is 0 Å². The van der Waals surface area contributed by atoms with Gasteiger partial charge in [0.1, 0.15) is 0 Å². The van der Waals surface area contributed by atoms with E-state index >= 15 is 0 Å². The summed E-state index contributed by atoms with van der Waals surface area (Å²) in [5.41, 5.74) is 0. The van der Waals surface area contributed by atoms with Crippen molar-refractivity contribution in [3.05, 3.63) is 0 Å². The van der Waals surface area contributed by atoms with Crippen LogP contribution in [0.5, 0.6) is 0 Å². The number of esters is 1. The molecule has 0 aromatic carbocycles. The molecule has 6 heteroatoms. The molecule has 1 aliphatic carbocycles. The average Bonchev–Trinajstić information content (AvgIpc) is 2.10. The van der Waals surface area contributed by atoms with E-state index in [-0.39, 0.29) is 30.1 Å². The molecule has 5 nitrogen and oxygen atoms in total. The molecule has 1 aliphatic rings. The Labute approximate surface area is 96.6 Å². The molecule has 0 amide bonds. The fourth-order valence-electron chi connectivity index (χ4n) is 1.63. The van der Waals surface area contributed by atoms with Gasteiger partial charge in [0, 0.05) is 12.5 Å². The summed E-state index contributed by atoms with van der Waals surface area (Å²) in [5, 5.41) is 0. The lowest BCUT2D eigenvalue weighted by Crippen LogP contribution is -2.41. The molecule has 16 heavy (non-hydrogen) atoms. The summed E-state index contributed by atoms with van der Waals surface area (Å²) < 4.78 is 30.4. The lowest BCUT2D eigenvalue weighted by Gasteiger charge is -2.26. The number of methoxy groups -OCH3 is 1. The normalized spacial score (nSPS) is 18.9. The van der Waals surface area contributed by atoms with Gasteiger partial charge in [-0.05, 0) is 18.8 Å². The summed E-state index contributed by atoms with van der Waals surface area (Å²) in [6, 6.07) is 0.107. The maximum absolute atomic E-state index is 11.7. The van der Waals surface area contributed by atoms with Gasteiger partial charge in [0.25, 0.3) is 0 Å². The Morgan fingerprint density at radius 2 is 2.12 bits per heavy atom. The van der Waals surface area contributed by atoms with Crippen LogP contribution < -0.4 is 4.72 Å². The molecule has 0 radical (unpaired) electrons. The van der Waals surface area contributed by atoms with Crippen molar-refractivity contribution < 1.29 is 17.9 Å². The Hall–Kier alpha value is -0.620. The van der Waals surface area contributed by atoms with Crippen LogP contribution in [0.25, 0.3) is 0 Å². The number of sulfonamides is 1. The molecule has 1 atom stereocenters. The van der Waals surface area contributed by atoms with Crippen LogP contribution in [0.2, 0.25) is 0 Å². The highest BCUT2D eigenvalue weighted by Gasteiger charge is 2.25. The van der Waals surface area contributed by atoms with E-state index in [1.807, 2.05) is 0 Å². The summed E-state index contributed by atoms with van der Waals surface area (Å²) in [7, 11) is -1.95. The van der Waals surface area contributed by atoms with Crippen LogP contribution in [0.3, 0.4) is 0 Å². The highest BCUT2D eigenvalue weighted by molar-refractivity contribution is 7.89. The summed E-state index contributed by atoms with van der Waals surface area (Å²) in [5.74, 6) is -0.602. The van der Waals surface area contributed by atoms with Gasteiger partial charge in [-0.25, -0.2) is 13.1 Å². The lowest BCUT2D eigenvalue weighted by molar-refractivity contribution is -0.141. The first kappa shape index (κ1) is 13.4. The molecule has 0 heterocycles. The van der Waals surface area contributed by atoms with Crippen LogP contribution in [0.4, 0.5) is 0 Å². The van der Waals surface area contributed by atoms with Crippen LogP contribution in [0, 0.1) is 5.92 Å². The van der Waals surface area contributed by atoms with Crippen LogP contribution >= 0.6 is 0 Å². The van der Waals surface area contributed by atoms with E-state index in [2.05, 4.69) is 9.46 Å². The smallest absolute Gasteiger partial charge is 0.305 e. The van der Waals surface area contributed by atoms with Gasteiger partial charge in [0.15, 0.2) is 0 Å². The maximum atomic E-state index is 11.7. The van der Waals surface area contributed by atoms with Gasteiger partial charge in [0.05, 0.1) is 12.9 Å². The predicted octanol–water partition coefficient (Wildman–Crippen LogP) is 0.657. The molecule has 1 rings (SSSR count). The van der Waals surface area contributed by atoms with Gasteiger partial charge in [0.2, 0.25) is 10.0 Å². The van der Waals surface area contributed by atoms with Crippen molar-refractivity contribution in [3.8, 4) is 0 Å². The lowest BCUT2D eigenvalue weighted by atomic mass is 9.94. The van der Waals surface area contributed by atoms with Crippen molar-refractivity contribution in [2.45, 2.75) is 38.6 Å². The molecule has 0 unspecified atom stereocenters. The van der Waals surface area contributed by atoms with Crippen molar-refractivity contribution in [3.63, 3.8) is 0 Å². The van der Waals surface area contributed by atoms with Crippen molar-refractivity contribution in [2.75, 3.05) is 12.9 Å². The minimum Gasteiger partial charge on any atom is -0.469 e. The summed E-state index contributed by atoms with van der Waals surface area (Å²) in [6.07, 6.45) is 3.07. The fraction of sp³-hybridized carbons (Fsp3) is 0.900. The molecule has 0 aromatic heterocycles. The Kier molecular flexibility index (Phi) is 4.73. The number of carbonyl (C=O) groups is 1. The largest absolute Gasteiger partial charge is 0.469 e. The van der Waals surface area contributed by atoms with Gasteiger partial charge in [-0.1, -0.05) is 13.3 Å². The number of carbonyl (C=O) groups excluding carboxylic acids is 1. The van der Waals surface area contributed by atoms with Gasteiger partial charge in [-0.2, -0.15) is 0 Å². The molecule has 1 fully saturated rings. The Morgan fingerprint density at radius 1 is 1.50 bits per heavy atom. The minimum atomic E-state index is -3.25. The van der Waals surface area contributed by atoms with Gasteiger partial charge < -0.3 is 4.74 Å². The molecule has 94 valence electrons. The standard InChI is InChI=1S/C10H19NO4S/c1-8(6-10(12)15-2)7-16(13,14)11-9-4-3-5-9/h8-9,11H,3-7H2,1-2H3/t8-/m0/s1. The third-order valence-corrected chi connectivity index (χ3v) is 4.40. The molecule has 1 N–H and O–H groups in total. The minimum absolute atomic E-state index is 0.0153. The molecule has 0 bridgehead atoms. The first-order chi connectivity index (χ1) is 7.43. The summed E-state index contributed by atoms with van der Waals surface area (Å²) >= 11 is 0. The molecule has 1 saturated carbocycles. The molecule has 0 spiro atoms. The Balaban J connectivity index is 2.35. The fourth-order valence-corrected chi connectivity index (χ4v) is 3.34. The maximum Gasteiger partial charge on any atom is 0.305 e. The zero-order valence-corrected chi connectivity index (χ0v) is 10.5. The van der Waals surface area contributed by atoms with Crippen molar-refractivity contribution in [1.82, 2.24) is 4.72 Å². The van der Waals surface area contributed by atoms with E-state index in [0.717, 1.165) is 19.3 Å². The van der Waals surface area contributed by atoms with E-state index in [4.69, 9.17) is 0 Å². The predicted molar refractivity (Wildman–Crippen MR) is 60.4 cm³/mol. The summed E-state index contributed by atoms with van der Waals surface area (Å²) in [4.78, 5) is 11.0.